The number of hydrogen-bond acceptors (Lipinski definition) is 6. The Balaban J connectivity index is 1.49. The van der Waals surface area contributed by atoms with Gasteiger partial charge < -0.3 is 9.80 Å². The number of aryl methyl sites for hydroxylation is 2. The van der Waals surface area contributed by atoms with Gasteiger partial charge in [0.25, 0.3) is 5.91 Å². The first kappa shape index (κ1) is 19.2. The molecule has 1 saturated heterocycles. The van der Waals surface area contributed by atoms with Crippen LogP contribution in [0, 0.1) is 6.92 Å². The molecule has 29 heavy (non-hydrogen) atoms. The number of fused-ring (bicyclic) bond motifs is 1. The van der Waals surface area contributed by atoms with E-state index in [2.05, 4.69) is 26.8 Å². The highest BCUT2D eigenvalue weighted by molar-refractivity contribution is 5.97. The number of anilines is 1. The van der Waals surface area contributed by atoms with Crippen LogP contribution < -0.4 is 4.90 Å². The van der Waals surface area contributed by atoms with E-state index in [1.807, 2.05) is 36.1 Å². The van der Waals surface area contributed by atoms with Crippen LogP contribution in [-0.2, 0) is 6.42 Å². The van der Waals surface area contributed by atoms with Crippen LogP contribution in [0.25, 0.3) is 11.0 Å². The topological polar surface area (TPSA) is 75.1 Å². The van der Waals surface area contributed by atoms with Gasteiger partial charge in [-0.05, 0) is 38.0 Å². The van der Waals surface area contributed by atoms with Crippen molar-refractivity contribution in [2.45, 2.75) is 33.1 Å². The van der Waals surface area contributed by atoms with Crippen molar-refractivity contribution in [2.24, 2.45) is 0 Å². The SMILES string of the molecule is CCCc1nc(C)cc(N2CCCN(C(=O)c3ccc4nccnc4c3)CC2)n1. The van der Waals surface area contributed by atoms with Gasteiger partial charge in [-0.25, -0.2) is 9.97 Å². The number of nitrogens with zero attached hydrogens (tertiary/aromatic N) is 6. The molecule has 7 heteroatoms. The third-order valence-corrected chi connectivity index (χ3v) is 5.18. The van der Waals surface area contributed by atoms with Crippen LogP contribution in [0.15, 0.2) is 36.7 Å². The summed E-state index contributed by atoms with van der Waals surface area (Å²) >= 11 is 0. The smallest absolute Gasteiger partial charge is 0.253 e. The first-order valence-corrected chi connectivity index (χ1v) is 10.2. The molecule has 1 fully saturated rings. The van der Waals surface area contributed by atoms with Crippen molar-refractivity contribution >= 4 is 22.8 Å². The van der Waals surface area contributed by atoms with Gasteiger partial charge in [0.05, 0.1) is 11.0 Å². The van der Waals surface area contributed by atoms with Gasteiger partial charge in [0.15, 0.2) is 0 Å². The van der Waals surface area contributed by atoms with Gasteiger partial charge in [-0.1, -0.05) is 6.92 Å². The Morgan fingerprint density at radius 2 is 1.83 bits per heavy atom. The van der Waals surface area contributed by atoms with E-state index in [-0.39, 0.29) is 5.91 Å². The number of benzene rings is 1. The summed E-state index contributed by atoms with van der Waals surface area (Å²) in [5.74, 6) is 1.91. The van der Waals surface area contributed by atoms with Gasteiger partial charge in [-0.2, -0.15) is 0 Å². The molecule has 2 aromatic heterocycles. The second-order valence-corrected chi connectivity index (χ2v) is 7.43. The largest absolute Gasteiger partial charge is 0.355 e. The Morgan fingerprint density at radius 1 is 1.00 bits per heavy atom. The highest BCUT2D eigenvalue weighted by Gasteiger charge is 2.22. The molecule has 4 rings (SSSR count). The van der Waals surface area contributed by atoms with Crippen LogP contribution >= 0.6 is 0 Å². The first-order chi connectivity index (χ1) is 14.1. The predicted molar refractivity (Wildman–Crippen MR) is 113 cm³/mol. The molecule has 7 nitrogen and oxygen atoms in total. The lowest BCUT2D eigenvalue weighted by atomic mass is 10.1. The molecule has 3 aromatic rings. The van der Waals surface area contributed by atoms with Crippen molar-refractivity contribution in [3.63, 3.8) is 0 Å². The second-order valence-electron chi connectivity index (χ2n) is 7.43. The fraction of sp³-hybridized carbons (Fsp3) is 0.409. The van der Waals surface area contributed by atoms with E-state index < -0.39 is 0 Å². The number of carbonyl (C=O) groups excluding carboxylic acids is 1. The van der Waals surface area contributed by atoms with Crippen molar-refractivity contribution in [1.29, 1.82) is 0 Å². The van der Waals surface area contributed by atoms with Crippen LogP contribution in [0.4, 0.5) is 5.82 Å². The maximum absolute atomic E-state index is 13.1. The van der Waals surface area contributed by atoms with Crippen molar-refractivity contribution in [2.75, 3.05) is 31.1 Å². The summed E-state index contributed by atoms with van der Waals surface area (Å²) in [5, 5.41) is 0. The fourth-order valence-corrected chi connectivity index (χ4v) is 3.74. The molecule has 1 aromatic carbocycles. The lowest BCUT2D eigenvalue weighted by Crippen LogP contribution is -2.35. The minimum atomic E-state index is 0.0462. The molecular formula is C22H26N6O. The van der Waals surface area contributed by atoms with Gasteiger partial charge in [0.2, 0.25) is 0 Å². The molecule has 3 heterocycles. The zero-order valence-electron chi connectivity index (χ0n) is 17.0. The molecule has 0 saturated carbocycles. The Hall–Kier alpha value is -3.09. The van der Waals surface area contributed by atoms with E-state index in [0.717, 1.165) is 67.3 Å². The lowest BCUT2D eigenvalue weighted by Gasteiger charge is -2.23. The maximum atomic E-state index is 13.1. The summed E-state index contributed by atoms with van der Waals surface area (Å²) in [4.78, 5) is 35.1. The molecule has 1 aliphatic rings. The zero-order chi connectivity index (χ0) is 20.2. The van der Waals surface area contributed by atoms with Crippen LogP contribution in [-0.4, -0.2) is 56.9 Å². The van der Waals surface area contributed by atoms with E-state index in [1.54, 1.807) is 12.4 Å². The third-order valence-electron chi connectivity index (χ3n) is 5.18. The van der Waals surface area contributed by atoms with E-state index in [0.29, 0.717) is 12.1 Å². The van der Waals surface area contributed by atoms with Crippen molar-refractivity contribution in [1.82, 2.24) is 24.8 Å². The van der Waals surface area contributed by atoms with Gasteiger partial charge in [-0.3, -0.25) is 14.8 Å². The fourth-order valence-electron chi connectivity index (χ4n) is 3.74. The molecule has 0 radical (unpaired) electrons. The second kappa shape index (κ2) is 8.51. The minimum absolute atomic E-state index is 0.0462. The Kier molecular flexibility index (Phi) is 5.64. The first-order valence-electron chi connectivity index (χ1n) is 10.2. The van der Waals surface area contributed by atoms with Gasteiger partial charge in [0, 0.05) is 62.3 Å². The highest BCUT2D eigenvalue weighted by Crippen LogP contribution is 2.18. The average molecular weight is 390 g/mol. The van der Waals surface area contributed by atoms with Crippen molar-refractivity contribution in [3.05, 3.63) is 53.7 Å². The molecule has 1 aliphatic heterocycles. The quantitative estimate of drug-likeness (QED) is 0.682. The summed E-state index contributed by atoms with van der Waals surface area (Å²) in [6.07, 6.45) is 6.13. The van der Waals surface area contributed by atoms with Gasteiger partial charge >= 0.3 is 0 Å². The Bertz CT molecular complexity index is 1020. The molecule has 1 amide bonds. The molecule has 150 valence electrons. The van der Waals surface area contributed by atoms with Gasteiger partial charge in [-0.15, -0.1) is 0 Å². The van der Waals surface area contributed by atoms with Crippen LogP contribution in [0.5, 0.6) is 0 Å². The molecule has 0 N–H and O–H groups in total. The van der Waals surface area contributed by atoms with E-state index in [4.69, 9.17) is 4.98 Å². The normalized spacial score (nSPS) is 14.8. The molecule has 0 unspecified atom stereocenters. The van der Waals surface area contributed by atoms with E-state index >= 15 is 0 Å². The Morgan fingerprint density at radius 3 is 2.66 bits per heavy atom. The number of aromatic nitrogens is 4. The number of amides is 1. The summed E-state index contributed by atoms with van der Waals surface area (Å²) < 4.78 is 0. The number of rotatable bonds is 4. The Labute approximate surface area is 170 Å². The van der Waals surface area contributed by atoms with Crippen molar-refractivity contribution < 1.29 is 4.79 Å². The zero-order valence-corrected chi connectivity index (χ0v) is 17.0. The predicted octanol–water partition coefficient (Wildman–Crippen LogP) is 3.03. The standard InChI is InChI=1S/C22H26N6O/c1-3-5-20-25-16(2)14-21(26-20)27-10-4-11-28(13-12-27)22(29)17-6-7-18-19(15-17)24-9-8-23-18/h6-9,14-15H,3-5,10-13H2,1-2H3. The van der Waals surface area contributed by atoms with Crippen molar-refractivity contribution in [3.8, 4) is 0 Å². The molecular weight excluding hydrogens is 364 g/mol. The lowest BCUT2D eigenvalue weighted by molar-refractivity contribution is 0.0767. The third kappa shape index (κ3) is 4.34. The number of carbonyl (C=O) groups is 1. The molecule has 0 atom stereocenters. The van der Waals surface area contributed by atoms with Crippen LogP contribution in [0.3, 0.4) is 0 Å². The average Bonchev–Trinajstić information content (AvgIpc) is 2.99. The molecule has 0 aliphatic carbocycles. The van der Waals surface area contributed by atoms with Crippen LogP contribution in [0.1, 0.15) is 41.6 Å². The molecule has 0 bridgehead atoms. The van der Waals surface area contributed by atoms with E-state index in [1.165, 1.54) is 0 Å². The monoisotopic (exact) mass is 390 g/mol. The number of hydrogen-bond donors (Lipinski definition) is 0. The van der Waals surface area contributed by atoms with E-state index in [9.17, 15) is 4.79 Å². The van der Waals surface area contributed by atoms with Crippen LogP contribution in [0.2, 0.25) is 0 Å². The minimum Gasteiger partial charge on any atom is -0.355 e. The highest BCUT2D eigenvalue weighted by atomic mass is 16.2. The summed E-state index contributed by atoms with van der Waals surface area (Å²) in [5.41, 5.74) is 3.20. The van der Waals surface area contributed by atoms with Gasteiger partial charge in [0.1, 0.15) is 11.6 Å². The molecule has 0 spiro atoms. The summed E-state index contributed by atoms with van der Waals surface area (Å²) in [6, 6.07) is 7.57. The maximum Gasteiger partial charge on any atom is 0.253 e. The summed E-state index contributed by atoms with van der Waals surface area (Å²) in [7, 11) is 0. The summed E-state index contributed by atoms with van der Waals surface area (Å²) in [6.45, 7) is 7.21.